The van der Waals surface area contributed by atoms with E-state index in [1.165, 1.54) is 0 Å². The second-order valence-electron chi connectivity index (χ2n) is 2.62. The summed E-state index contributed by atoms with van der Waals surface area (Å²) < 4.78 is 1.89. The number of aliphatic hydroxyl groups is 1. The first-order valence-corrected chi connectivity index (χ1v) is 5.59. The van der Waals surface area contributed by atoms with Crippen molar-refractivity contribution in [2.24, 2.45) is 0 Å². The topological polar surface area (TPSA) is 50.9 Å². The van der Waals surface area contributed by atoms with Crippen LogP contribution in [0, 0.1) is 0 Å². The quantitative estimate of drug-likeness (QED) is 0.695. The van der Waals surface area contributed by atoms with Gasteiger partial charge in [-0.3, -0.25) is 0 Å². The minimum Gasteiger partial charge on any atom is -0.396 e. The van der Waals surface area contributed by atoms with Crippen molar-refractivity contribution in [3.63, 3.8) is 0 Å². The molecule has 0 bridgehead atoms. The van der Waals surface area contributed by atoms with Crippen LogP contribution in [0.25, 0.3) is 0 Å². The van der Waals surface area contributed by atoms with Crippen LogP contribution in [0.3, 0.4) is 0 Å². The second-order valence-corrected chi connectivity index (χ2v) is 3.73. The van der Waals surface area contributed by atoms with Crippen LogP contribution in [-0.4, -0.2) is 32.2 Å². The van der Waals surface area contributed by atoms with Gasteiger partial charge in [0.25, 0.3) is 0 Å². The van der Waals surface area contributed by atoms with Gasteiger partial charge in [0.15, 0.2) is 0 Å². The predicted molar refractivity (Wildman–Crippen MR) is 53.6 cm³/mol. The highest BCUT2D eigenvalue weighted by Crippen LogP contribution is 2.10. The first kappa shape index (κ1) is 10.5. The molecule has 1 aromatic heterocycles. The van der Waals surface area contributed by atoms with Crippen molar-refractivity contribution in [3.8, 4) is 0 Å². The molecule has 74 valence electrons. The zero-order valence-electron chi connectivity index (χ0n) is 7.81. The number of rotatable bonds is 6. The van der Waals surface area contributed by atoms with Crippen LogP contribution in [-0.2, 0) is 12.3 Å². The molecule has 0 radical (unpaired) electrons. The third kappa shape index (κ3) is 3.36. The maximum absolute atomic E-state index is 8.58. The summed E-state index contributed by atoms with van der Waals surface area (Å²) in [5.74, 6) is 2.88. The van der Waals surface area contributed by atoms with E-state index in [1.807, 2.05) is 4.68 Å². The van der Waals surface area contributed by atoms with E-state index in [0.717, 1.165) is 30.3 Å². The van der Waals surface area contributed by atoms with E-state index in [2.05, 4.69) is 17.0 Å². The molecule has 13 heavy (non-hydrogen) atoms. The van der Waals surface area contributed by atoms with Gasteiger partial charge >= 0.3 is 0 Å². The maximum atomic E-state index is 8.58. The Morgan fingerprint density at radius 2 is 2.46 bits per heavy atom. The van der Waals surface area contributed by atoms with E-state index < -0.39 is 0 Å². The fourth-order valence-electron chi connectivity index (χ4n) is 0.994. The molecule has 0 spiro atoms. The molecule has 0 atom stereocenters. The molecule has 0 unspecified atom stereocenters. The van der Waals surface area contributed by atoms with Crippen LogP contribution >= 0.6 is 11.8 Å². The lowest BCUT2D eigenvalue weighted by Gasteiger charge is -2.01. The third-order valence-corrected chi connectivity index (χ3v) is 2.71. The van der Waals surface area contributed by atoms with E-state index in [1.54, 1.807) is 18.1 Å². The Labute approximate surface area is 82.4 Å². The molecule has 1 heterocycles. The summed E-state index contributed by atoms with van der Waals surface area (Å²) in [5, 5.41) is 12.7. The van der Waals surface area contributed by atoms with Gasteiger partial charge in [-0.15, -0.1) is 0 Å². The highest BCUT2D eigenvalue weighted by molar-refractivity contribution is 7.98. The lowest BCUT2D eigenvalue weighted by atomic mass is 10.5. The van der Waals surface area contributed by atoms with Crippen molar-refractivity contribution < 1.29 is 5.11 Å². The van der Waals surface area contributed by atoms with Gasteiger partial charge < -0.3 is 5.11 Å². The van der Waals surface area contributed by atoms with Gasteiger partial charge in [0.2, 0.25) is 0 Å². The highest BCUT2D eigenvalue weighted by atomic mass is 32.2. The van der Waals surface area contributed by atoms with Crippen LogP contribution in [0.1, 0.15) is 19.2 Å². The van der Waals surface area contributed by atoms with Crippen molar-refractivity contribution in [3.05, 3.63) is 12.2 Å². The normalized spacial score (nSPS) is 10.6. The van der Waals surface area contributed by atoms with Crippen molar-refractivity contribution in [2.45, 2.75) is 25.6 Å². The van der Waals surface area contributed by atoms with E-state index in [4.69, 9.17) is 5.11 Å². The average Bonchev–Trinajstić information content (AvgIpc) is 2.60. The Balaban J connectivity index is 2.27. The van der Waals surface area contributed by atoms with Crippen molar-refractivity contribution in [1.29, 1.82) is 0 Å². The van der Waals surface area contributed by atoms with Gasteiger partial charge in [0.1, 0.15) is 12.2 Å². The molecule has 0 saturated heterocycles. The Hall–Kier alpha value is -0.550. The standard InChI is InChI=1S/C8H15N3OS/c1-2-11-8(9-7-10-11)6-13-5-3-4-12/h7,12H,2-6H2,1H3. The number of thioether (sulfide) groups is 1. The number of hydrogen-bond donors (Lipinski definition) is 1. The number of aliphatic hydroxyl groups excluding tert-OH is 1. The third-order valence-electron chi connectivity index (χ3n) is 1.67. The molecular weight excluding hydrogens is 186 g/mol. The van der Waals surface area contributed by atoms with E-state index in [9.17, 15) is 0 Å². The summed E-state index contributed by atoms with van der Waals surface area (Å²) in [7, 11) is 0. The molecule has 1 N–H and O–H groups in total. The van der Waals surface area contributed by atoms with E-state index >= 15 is 0 Å². The van der Waals surface area contributed by atoms with E-state index in [-0.39, 0.29) is 6.61 Å². The lowest BCUT2D eigenvalue weighted by molar-refractivity contribution is 0.296. The van der Waals surface area contributed by atoms with Crippen molar-refractivity contribution in [2.75, 3.05) is 12.4 Å². The largest absolute Gasteiger partial charge is 0.396 e. The molecule has 4 nitrogen and oxygen atoms in total. The first-order chi connectivity index (χ1) is 6.38. The average molecular weight is 201 g/mol. The number of aromatic nitrogens is 3. The zero-order valence-corrected chi connectivity index (χ0v) is 8.63. The first-order valence-electron chi connectivity index (χ1n) is 4.43. The molecule has 0 aliphatic rings. The Bertz CT molecular complexity index is 239. The van der Waals surface area contributed by atoms with Crippen LogP contribution in [0.2, 0.25) is 0 Å². The molecule has 0 amide bonds. The minimum atomic E-state index is 0.271. The molecule has 5 heteroatoms. The molecule has 0 saturated carbocycles. The predicted octanol–water partition coefficient (Wildman–Crippen LogP) is 0.914. The monoisotopic (exact) mass is 201 g/mol. The smallest absolute Gasteiger partial charge is 0.138 e. The summed E-state index contributed by atoms with van der Waals surface area (Å²) in [6, 6.07) is 0. The zero-order chi connectivity index (χ0) is 9.52. The van der Waals surface area contributed by atoms with Crippen LogP contribution in [0.5, 0.6) is 0 Å². The molecule has 1 aromatic rings. The number of nitrogens with zero attached hydrogens (tertiary/aromatic N) is 3. The van der Waals surface area contributed by atoms with Gasteiger partial charge in [0, 0.05) is 13.2 Å². The van der Waals surface area contributed by atoms with Gasteiger partial charge in [-0.25, -0.2) is 9.67 Å². The highest BCUT2D eigenvalue weighted by Gasteiger charge is 2.01. The molecule has 0 aliphatic carbocycles. The number of hydrogen-bond acceptors (Lipinski definition) is 4. The van der Waals surface area contributed by atoms with Gasteiger partial charge in [0.05, 0.1) is 5.75 Å². The molecule has 0 aliphatic heterocycles. The SMILES string of the molecule is CCn1ncnc1CSCCCO. The Morgan fingerprint density at radius 1 is 1.62 bits per heavy atom. The molecule has 0 fully saturated rings. The fourth-order valence-corrected chi connectivity index (χ4v) is 1.88. The summed E-state index contributed by atoms with van der Waals surface area (Å²) >= 11 is 1.78. The van der Waals surface area contributed by atoms with Gasteiger partial charge in [-0.05, 0) is 19.1 Å². The summed E-state index contributed by atoms with van der Waals surface area (Å²) in [6.45, 7) is 3.19. The summed E-state index contributed by atoms with van der Waals surface area (Å²) in [6.07, 6.45) is 2.44. The van der Waals surface area contributed by atoms with Crippen LogP contribution in [0.4, 0.5) is 0 Å². The molecule has 0 aromatic carbocycles. The molecular formula is C8H15N3OS. The Kier molecular flexibility index (Phi) is 4.85. The number of aryl methyl sites for hydroxylation is 1. The molecule has 1 rings (SSSR count). The Morgan fingerprint density at radius 3 is 3.15 bits per heavy atom. The lowest BCUT2D eigenvalue weighted by Crippen LogP contribution is -2.02. The van der Waals surface area contributed by atoms with Gasteiger partial charge in [-0.2, -0.15) is 16.9 Å². The van der Waals surface area contributed by atoms with E-state index in [0.29, 0.717) is 0 Å². The second kappa shape index (κ2) is 5.99. The fraction of sp³-hybridized carbons (Fsp3) is 0.750. The summed E-state index contributed by atoms with van der Waals surface area (Å²) in [4.78, 5) is 4.15. The van der Waals surface area contributed by atoms with Crippen LogP contribution < -0.4 is 0 Å². The van der Waals surface area contributed by atoms with Crippen molar-refractivity contribution in [1.82, 2.24) is 14.8 Å². The minimum absolute atomic E-state index is 0.271. The van der Waals surface area contributed by atoms with Crippen molar-refractivity contribution >= 4 is 11.8 Å². The van der Waals surface area contributed by atoms with Gasteiger partial charge in [-0.1, -0.05) is 0 Å². The maximum Gasteiger partial charge on any atom is 0.138 e. The summed E-state index contributed by atoms with van der Waals surface area (Å²) in [5.41, 5.74) is 0. The van der Waals surface area contributed by atoms with Crippen LogP contribution in [0.15, 0.2) is 6.33 Å².